The molecule has 1 aromatic carbocycles. The Morgan fingerprint density at radius 2 is 1.95 bits per heavy atom. The molecule has 1 amide bonds. The Morgan fingerprint density at radius 1 is 1.26 bits per heavy atom. The van der Waals surface area contributed by atoms with E-state index in [-0.39, 0.29) is 5.91 Å². The molecule has 4 heteroatoms. The number of nitrogens with one attached hydrogen (secondary N) is 1. The monoisotopic (exact) mass is 274 g/mol. The van der Waals surface area contributed by atoms with Gasteiger partial charge in [-0.3, -0.25) is 4.79 Å². The third-order valence-corrected chi connectivity index (χ3v) is 4.10. The van der Waals surface area contributed by atoms with Crippen LogP contribution in [0.1, 0.15) is 26.9 Å². The molecule has 1 atom stereocenters. The number of benzene rings is 1. The van der Waals surface area contributed by atoms with Crippen molar-refractivity contribution in [3.05, 3.63) is 51.2 Å². The maximum absolute atomic E-state index is 11.7. The Morgan fingerprint density at radius 3 is 2.47 bits per heavy atom. The first-order chi connectivity index (χ1) is 8.99. The number of rotatable bonds is 4. The lowest BCUT2D eigenvalue weighted by Crippen LogP contribution is -2.28. The second-order valence-corrected chi connectivity index (χ2v) is 6.12. The highest BCUT2D eigenvalue weighted by Crippen LogP contribution is 2.29. The van der Waals surface area contributed by atoms with Crippen molar-refractivity contribution in [1.82, 2.24) is 0 Å². The summed E-state index contributed by atoms with van der Waals surface area (Å²) in [7, 11) is 0. The second kappa shape index (κ2) is 5.45. The Kier molecular flexibility index (Phi) is 3.90. The molecule has 0 aliphatic carbocycles. The summed E-state index contributed by atoms with van der Waals surface area (Å²) < 4.78 is 0. The summed E-state index contributed by atoms with van der Waals surface area (Å²) in [6.45, 7) is 6.06. The minimum atomic E-state index is -0.481. The predicted molar refractivity (Wildman–Crippen MR) is 80.5 cm³/mol. The van der Waals surface area contributed by atoms with Gasteiger partial charge in [0.25, 0.3) is 0 Å². The highest BCUT2D eigenvalue weighted by Gasteiger charge is 2.21. The van der Waals surface area contributed by atoms with Crippen LogP contribution >= 0.6 is 11.3 Å². The third-order valence-electron chi connectivity index (χ3n) is 3.12. The SMILES string of the molecule is Cc1cc(C(Nc2ccccc2C)C(N)=O)c(C)s1. The van der Waals surface area contributed by atoms with E-state index in [0.29, 0.717) is 0 Å². The van der Waals surface area contributed by atoms with Gasteiger partial charge in [0.15, 0.2) is 0 Å². The lowest BCUT2D eigenvalue weighted by molar-refractivity contribution is -0.118. The minimum Gasteiger partial charge on any atom is -0.370 e. The quantitative estimate of drug-likeness (QED) is 0.898. The second-order valence-electron chi connectivity index (χ2n) is 4.66. The van der Waals surface area contributed by atoms with Crippen LogP contribution in [-0.4, -0.2) is 5.91 Å². The van der Waals surface area contributed by atoms with Gasteiger partial charge in [0, 0.05) is 15.4 Å². The minimum absolute atomic E-state index is 0.357. The van der Waals surface area contributed by atoms with Gasteiger partial charge < -0.3 is 11.1 Å². The largest absolute Gasteiger partial charge is 0.370 e. The zero-order valence-corrected chi connectivity index (χ0v) is 12.2. The average Bonchev–Trinajstić information content (AvgIpc) is 2.67. The number of para-hydroxylation sites is 1. The van der Waals surface area contributed by atoms with E-state index in [0.717, 1.165) is 21.7 Å². The summed E-state index contributed by atoms with van der Waals surface area (Å²) in [6, 6.07) is 9.43. The van der Waals surface area contributed by atoms with Gasteiger partial charge in [-0.1, -0.05) is 18.2 Å². The smallest absolute Gasteiger partial charge is 0.244 e. The van der Waals surface area contributed by atoms with E-state index < -0.39 is 6.04 Å². The molecule has 2 aromatic rings. The first kappa shape index (κ1) is 13.6. The molecule has 1 aromatic heterocycles. The molecule has 2 rings (SSSR count). The normalized spacial score (nSPS) is 12.2. The number of nitrogens with two attached hydrogens (primary N) is 1. The summed E-state index contributed by atoms with van der Waals surface area (Å²) in [4.78, 5) is 14.1. The molecular formula is C15H18N2OS. The van der Waals surface area contributed by atoms with Crippen LogP contribution in [0.15, 0.2) is 30.3 Å². The fourth-order valence-electron chi connectivity index (χ4n) is 2.13. The van der Waals surface area contributed by atoms with Crippen LogP contribution in [0.2, 0.25) is 0 Å². The van der Waals surface area contributed by atoms with Crippen molar-refractivity contribution >= 4 is 22.9 Å². The molecule has 0 bridgehead atoms. The van der Waals surface area contributed by atoms with E-state index >= 15 is 0 Å². The fourth-order valence-corrected chi connectivity index (χ4v) is 3.09. The summed E-state index contributed by atoms with van der Waals surface area (Å²) in [5.74, 6) is -0.357. The number of thiophene rings is 1. The number of carbonyl (C=O) groups excluding carboxylic acids is 1. The lowest BCUT2D eigenvalue weighted by atomic mass is 10.1. The van der Waals surface area contributed by atoms with Crippen LogP contribution < -0.4 is 11.1 Å². The van der Waals surface area contributed by atoms with Crippen molar-refractivity contribution in [2.24, 2.45) is 5.73 Å². The van der Waals surface area contributed by atoms with Gasteiger partial charge >= 0.3 is 0 Å². The number of aryl methyl sites for hydroxylation is 3. The molecule has 0 saturated heterocycles. The van der Waals surface area contributed by atoms with Crippen LogP contribution in [-0.2, 0) is 4.79 Å². The van der Waals surface area contributed by atoms with E-state index in [4.69, 9.17) is 5.73 Å². The number of primary amides is 1. The maximum atomic E-state index is 11.7. The number of hydrogen-bond acceptors (Lipinski definition) is 3. The first-order valence-corrected chi connectivity index (χ1v) is 6.99. The molecule has 1 unspecified atom stereocenters. The maximum Gasteiger partial charge on any atom is 0.244 e. The summed E-state index contributed by atoms with van der Waals surface area (Å²) in [5.41, 5.74) is 8.55. The van der Waals surface area contributed by atoms with Crippen LogP contribution in [0.3, 0.4) is 0 Å². The van der Waals surface area contributed by atoms with E-state index in [1.54, 1.807) is 11.3 Å². The van der Waals surface area contributed by atoms with E-state index in [1.165, 1.54) is 4.88 Å². The van der Waals surface area contributed by atoms with Crippen LogP contribution in [0, 0.1) is 20.8 Å². The topological polar surface area (TPSA) is 55.1 Å². The van der Waals surface area contributed by atoms with Gasteiger partial charge in [-0.15, -0.1) is 11.3 Å². The van der Waals surface area contributed by atoms with Gasteiger partial charge in [-0.05, 0) is 44.0 Å². The zero-order valence-electron chi connectivity index (χ0n) is 11.4. The Balaban J connectivity index is 2.35. The van der Waals surface area contributed by atoms with Crippen LogP contribution in [0.25, 0.3) is 0 Å². The van der Waals surface area contributed by atoms with E-state index in [1.807, 2.05) is 51.1 Å². The average molecular weight is 274 g/mol. The van der Waals surface area contributed by atoms with Gasteiger partial charge in [0.1, 0.15) is 6.04 Å². The summed E-state index contributed by atoms with van der Waals surface area (Å²) in [5, 5.41) is 3.25. The van der Waals surface area contributed by atoms with Gasteiger partial charge in [-0.25, -0.2) is 0 Å². The van der Waals surface area contributed by atoms with Crippen molar-refractivity contribution in [2.45, 2.75) is 26.8 Å². The molecule has 0 spiro atoms. The Labute approximate surface area is 117 Å². The molecule has 1 heterocycles. The molecule has 0 fully saturated rings. The fraction of sp³-hybridized carbons (Fsp3) is 0.267. The number of hydrogen-bond donors (Lipinski definition) is 2. The highest BCUT2D eigenvalue weighted by atomic mass is 32.1. The van der Waals surface area contributed by atoms with E-state index in [9.17, 15) is 4.79 Å². The van der Waals surface area contributed by atoms with Crippen molar-refractivity contribution in [1.29, 1.82) is 0 Å². The number of carbonyl (C=O) groups is 1. The van der Waals surface area contributed by atoms with Gasteiger partial charge in [0.05, 0.1) is 0 Å². The molecule has 0 radical (unpaired) electrons. The molecule has 0 saturated carbocycles. The number of anilines is 1. The molecular weight excluding hydrogens is 256 g/mol. The summed E-state index contributed by atoms with van der Waals surface area (Å²) >= 11 is 1.68. The van der Waals surface area contributed by atoms with E-state index in [2.05, 4.69) is 5.32 Å². The summed E-state index contributed by atoms with van der Waals surface area (Å²) in [6.07, 6.45) is 0. The molecule has 3 nitrogen and oxygen atoms in total. The molecule has 3 N–H and O–H groups in total. The lowest BCUT2D eigenvalue weighted by Gasteiger charge is -2.18. The molecule has 19 heavy (non-hydrogen) atoms. The van der Waals surface area contributed by atoms with Crippen LogP contribution in [0.5, 0.6) is 0 Å². The highest BCUT2D eigenvalue weighted by molar-refractivity contribution is 7.12. The van der Waals surface area contributed by atoms with Gasteiger partial charge in [-0.2, -0.15) is 0 Å². The zero-order chi connectivity index (χ0) is 14.0. The Hall–Kier alpha value is -1.81. The molecule has 100 valence electrons. The van der Waals surface area contributed by atoms with Gasteiger partial charge in [0.2, 0.25) is 5.91 Å². The Bertz CT molecular complexity index is 604. The van der Waals surface area contributed by atoms with Crippen molar-refractivity contribution in [2.75, 3.05) is 5.32 Å². The van der Waals surface area contributed by atoms with Crippen molar-refractivity contribution in [3.63, 3.8) is 0 Å². The first-order valence-electron chi connectivity index (χ1n) is 6.17. The van der Waals surface area contributed by atoms with Crippen molar-refractivity contribution < 1.29 is 4.79 Å². The van der Waals surface area contributed by atoms with Crippen molar-refractivity contribution in [3.8, 4) is 0 Å². The molecule has 0 aliphatic heterocycles. The third kappa shape index (κ3) is 2.96. The molecule has 0 aliphatic rings. The number of amides is 1. The standard InChI is InChI=1S/C15H18N2OS/c1-9-6-4-5-7-13(9)17-14(15(16)18)12-8-10(2)19-11(12)3/h4-8,14,17H,1-3H3,(H2,16,18). The predicted octanol–water partition coefficient (Wildman–Crippen LogP) is 3.31. The van der Waals surface area contributed by atoms with Crippen LogP contribution in [0.4, 0.5) is 5.69 Å².